The summed E-state index contributed by atoms with van der Waals surface area (Å²) in [5.74, 6) is 1.51. The van der Waals surface area contributed by atoms with Gasteiger partial charge in [-0.2, -0.15) is 10.2 Å². The van der Waals surface area contributed by atoms with Gasteiger partial charge in [0, 0.05) is 5.56 Å². The van der Waals surface area contributed by atoms with E-state index in [1.54, 1.807) is 13.0 Å². The Labute approximate surface area is 112 Å². The summed E-state index contributed by atoms with van der Waals surface area (Å²) in [6.07, 6.45) is 1.46. The number of rotatable bonds is 3. The number of hydrogen-bond acceptors (Lipinski definition) is 4. The summed E-state index contributed by atoms with van der Waals surface area (Å²) >= 11 is 0. The van der Waals surface area contributed by atoms with Gasteiger partial charge in [-0.3, -0.25) is 4.79 Å². The number of aryl methyl sites for hydroxylation is 3. The Morgan fingerprint density at radius 2 is 2.05 bits per heavy atom. The first kappa shape index (κ1) is 13.3. The predicted molar refractivity (Wildman–Crippen MR) is 70.8 cm³/mol. The molecule has 0 aliphatic heterocycles. The molecule has 0 aromatic carbocycles. The zero-order valence-corrected chi connectivity index (χ0v) is 11.5. The van der Waals surface area contributed by atoms with Gasteiger partial charge in [0.25, 0.3) is 5.91 Å². The van der Waals surface area contributed by atoms with E-state index in [0.717, 1.165) is 22.8 Å². The van der Waals surface area contributed by atoms with Crippen molar-refractivity contribution in [3.8, 4) is 0 Å². The molecule has 2 rings (SSSR count). The lowest BCUT2D eigenvalue weighted by Gasteiger charge is -2.13. The van der Waals surface area contributed by atoms with Gasteiger partial charge < -0.3 is 9.73 Å². The van der Waals surface area contributed by atoms with Gasteiger partial charge in [0.05, 0.1) is 23.5 Å². The van der Waals surface area contributed by atoms with E-state index in [1.165, 1.54) is 6.20 Å². The van der Waals surface area contributed by atoms with Crippen LogP contribution in [0.15, 0.2) is 22.7 Å². The first-order chi connectivity index (χ1) is 8.97. The van der Waals surface area contributed by atoms with Gasteiger partial charge in [-0.25, -0.2) is 0 Å². The molecule has 0 aliphatic carbocycles. The maximum atomic E-state index is 12.1. The number of furan rings is 1. The lowest BCUT2D eigenvalue weighted by molar-refractivity contribution is 0.0939. The van der Waals surface area contributed by atoms with E-state index in [-0.39, 0.29) is 11.9 Å². The largest absolute Gasteiger partial charge is 0.466 e. The Morgan fingerprint density at radius 3 is 2.63 bits per heavy atom. The fraction of sp³-hybridized carbons (Fsp3) is 0.357. The van der Waals surface area contributed by atoms with Crippen LogP contribution in [0.3, 0.4) is 0 Å². The first-order valence-electron chi connectivity index (χ1n) is 6.14. The van der Waals surface area contributed by atoms with Gasteiger partial charge in [-0.1, -0.05) is 0 Å². The fourth-order valence-electron chi connectivity index (χ4n) is 2.04. The highest BCUT2D eigenvalue weighted by molar-refractivity contribution is 5.94. The van der Waals surface area contributed by atoms with E-state index in [9.17, 15) is 4.79 Å². The average Bonchev–Trinajstić information content (AvgIpc) is 2.68. The van der Waals surface area contributed by atoms with Crippen LogP contribution >= 0.6 is 0 Å². The van der Waals surface area contributed by atoms with Gasteiger partial charge >= 0.3 is 0 Å². The molecule has 19 heavy (non-hydrogen) atoms. The molecule has 0 unspecified atom stereocenters. The van der Waals surface area contributed by atoms with E-state index in [2.05, 4.69) is 15.5 Å². The minimum Gasteiger partial charge on any atom is -0.466 e. The van der Waals surface area contributed by atoms with Crippen LogP contribution in [0.4, 0.5) is 0 Å². The Hall–Kier alpha value is -2.17. The summed E-state index contributed by atoms with van der Waals surface area (Å²) in [4.78, 5) is 12.1. The minimum absolute atomic E-state index is 0.113. The second kappa shape index (κ2) is 5.22. The third-order valence-electron chi connectivity index (χ3n) is 2.93. The van der Waals surface area contributed by atoms with Crippen LogP contribution in [0.25, 0.3) is 0 Å². The highest BCUT2D eigenvalue weighted by Crippen LogP contribution is 2.21. The second-order valence-electron chi connectivity index (χ2n) is 4.65. The Kier molecular flexibility index (Phi) is 3.64. The molecule has 2 aromatic heterocycles. The molecular formula is C14H17N3O2. The van der Waals surface area contributed by atoms with Crippen molar-refractivity contribution in [3.05, 3.63) is 46.7 Å². The number of aromatic nitrogens is 2. The molecule has 0 bridgehead atoms. The van der Waals surface area contributed by atoms with Crippen molar-refractivity contribution in [2.24, 2.45) is 0 Å². The summed E-state index contributed by atoms with van der Waals surface area (Å²) in [5, 5.41) is 10.5. The molecule has 0 spiro atoms. The molecule has 2 heterocycles. The third kappa shape index (κ3) is 2.99. The van der Waals surface area contributed by atoms with Gasteiger partial charge in [-0.15, -0.1) is 0 Å². The maximum absolute atomic E-state index is 12.1. The van der Waals surface area contributed by atoms with Crippen LogP contribution in [0, 0.1) is 20.8 Å². The molecule has 1 atom stereocenters. The van der Waals surface area contributed by atoms with Crippen molar-refractivity contribution < 1.29 is 9.21 Å². The smallest absolute Gasteiger partial charge is 0.253 e. The summed E-state index contributed by atoms with van der Waals surface area (Å²) < 4.78 is 5.47. The SMILES string of the molecule is Cc1cc(C(=O)N[C@@H](C)c2cc(C)oc2C)cnn1. The zero-order chi connectivity index (χ0) is 14.0. The molecule has 2 aromatic rings. The molecular weight excluding hydrogens is 242 g/mol. The number of carbonyl (C=O) groups is 1. The molecule has 0 saturated heterocycles. The summed E-state index contributed by atoms with van der Waals surface area (Å²) in [7, 11) is 0. The van der Waals surface area contributed by atoms with E-state index >= 15 is 0 Å². The molecule has 0 fully saturated rings. The monoisotopic (exact) mass is 259 g/mol. The van der Waals surface area contributed by atoms with Crippen molar-refractivity contribution >= 4 is 5.91 Å². The quantitative estimate of drug-likeness (QED) is 0.919. The highest BCUT2D eigenvalue weighted by Gasteiger charge is 2.16. The predicted octanol–water partition coefficient (Wildman–Crippen LogP) is 2.49. The number of nitrogens with zero attached hydrogens (tertiary/aromatic N) is 2. The standard InChI is InChI=1S/C14H17N3O2/c1-8-5-12(7-15-17-8)14(18)16-10(3)13-6-9(2)19-11(13)4/h5-7,10H,1-4H3,(H,16,18)/t10-/m0/s1. The lowest BCUT2D eigenvalue weighted by Crippen LogP contribution is -2.27. The highest BCUT2D eigenvalue weighted by atomic mass is 16.3. The van der Waals surface area contributed by atoms with Crippen molar-refractivity contribution in [1.82, 2.24) is 15.5 Å². The van der Waals surface area contributed by atoms with E-state index in [4.69, 9.17) is 4.42 Å². The van der Waals surface area contributed by atoms with Gasteiger partial charge in [-0.05, 0) is 39.8 Å². The minimum atomic E-state index is -0.163. The Morgan fingerprint density at radius 1 is 1.32 bits per heavy atom. The molecule has 1 N–H and O–H groups in total. The molecule has 5 nitrogen and oxygen atoms in total. The van der Waals surface area contributed by atoms with Gasteiger partial charge in [0.1, 0.15) is 11.5 Å². The third-order valence-corrected chi connectivity index (χ3v) is 2.93. The fourth-order valence-corrected chi connectivity index (χ4v) is 2.04. The molecule has 5 heteroatoms. The van der Waals surface area contributed by atoms with Crippen LogP contribution in [0.5, 0.6) is 0 Å². The van der Waals surface area contributed by atoms with Crippen LogP contribution in [-0.2, 0) is 0 Å². The van der Waals surface area contributed by atoms with Crippen molar-refractivity contribution in [2.45, 2.75) is 33.7 Å². The average molecular weight is 259 g/mol. The van der Waals surface area contributed by atoms with E-state index in [1.807, 2.05) is 26.8 Å². The van der Waals surface area contributed by atoms with Crippen molar-refractivity contribution in [1.29, 1.82) is 0 Å². The first-order valence-corrected chi connectivity index (χ1v) is 6.14. The summed E-state index contributed by atoms with van der Waals surface area (Å²) in [6.45, 7) is 7.51. The topological polar surface area (TPSA) is 68.0 Å². The van der Waals surface area contributed by atoms with Crippen LogP contribution in [-0.4, -0.2) is 16.1 Å². The van der Waals surface area contributed by atoms with Gasteiger partial charge in [0.15, 0.2) is 0 Å². The molecule has 100 valence electrons. The number of carbonyl (C=O) groups excluding carboxylic acids is 1. The Balaban J connectivity index is 2.13. The molecule has 1 amide bonds. The maximum Gasteiger partial charge on any atom is 0.253 e. The van der Waals surface area contributed by atoms with Gasteiger partial charge in [0.2, 0.25) is 0 Å². The molecule has 0 radical (unpaired) electrons. The van der Waals surface area contributed by atoms with Crippen molar-refractivity contribution in [3.63, 3.8) is 0 Å². The normalized spacial score (nSPS) is 12.2. The summed E-state index contributed by atoms with van der Waals surface area (Å²) in [5.41, 5.74) is 2.22. The number of hydrogen-bond donors (Lipinski definition) is 1. The van der Waals surface area contributed by atoms with Crippen LogP contribution in [0.1, 0.15) is 46.1 Å². The van der Waals surface area contributed by atoms with Crippen LogP contribution < -0.4 is 5.32 Å². The second-order valence-corrected chi connectivity index (χ2v) is 4.65. The Bertz CT molecular complexity index is 604. The number of nitrogens with one attached hydrogen (secondary N) is 1. The summed E-state index contributed by atoms with van der Waals surface area (Å²) in [6, 6.07) is 3.54. The van der Waals surface area contributed by atoms with Crippen molar-refractivity contribution in [2.75, 3.05) is 0 Å². The number of amides is 1. The van der Waals surface area contributed by atoms with Crippen LogP contribution in [0.2, 0.25) is 0 Å². The van der Waals surface area contributed by atoms with E-state index < -0.39 is 0 Å². The zero-order valence-electron chi connectivity index (χ0n) is 11.5. The lowest BCUT2D eigenvalue weighted by atomic mass is 10.1. The van der Waals surface area contributed by atoms with E-state index in [0.29, 0.717) is 5.56 Å². The molecule has 0 saturated carbocycles. The molecule has 0 aliphatic rings.